The van der Waals surface area contributed by atoms with Gasteiger partial charge in [0.25, 0.3) is 5.91 Å². The molecular formula is C17H22ClN3O2S. The van der Waals surface area contributed by atoms with Gasteiger partial charge in [-0.15, -0.1) is 11.8 Å². The van der Waals surface area contributed by atoms with Crippen LogP contribution in [0, 0.1) is 0 Å². The summed E-state index contributed by atoms with van der Waals surface area (Å²) in [6.45, 7) is 6.47. The first-order valence-electron chi connectivity index (χ1n) is 8.25. The number of rotatable bonds is 3. The molecule has 2 heterocycles. The summed E-state index contributed by atoms with van der Waals surface area (Å²) in [4.78, 5) is 31.6. The minimum Gasteiger partial charge on any atom is -0.338 e. The van der Waals surface area contributed by atoms with Crippen molar-refractivity contribution in [1.29, 1.82) is 0 Å². The van der Waals surface area contributed by atoms with Gasteiger partial charge in [0.2, 0.25) is 5.91 Å². The van der Waals surface area contributed by atoms with Crippen LogP contribution < -0.4 is 0 Å². The molecule has 2 amide bonds. The van der Waals surface area contributed by atoms with Gasteiger partial charge in [0.15, 0.2) is 0 Å². The lowest BCUT2D eigenvalue weighted by Gasteiger charge is -2.36. The largest absolute Gasteiger partial charge is 0.338 e. The zero-order valence-electron chi connectivity index (χ0n) is 13.8. The van der Waals surface area contributed by atoms with Crippen LogP contribution in [-0.2, 0) is 4.79 Å². The third-order valence-corrected chi connectivity index (χ3v) is 5.91. The van der Waals surface area contributed by atoms with Gasteiger partial charge in [0.1, 0.15) is 6.04 Å². The summed E-state index contributed by atoms with van der Waals surface area (Å²) in [5, 5.41) is 0.601. The van der Waals surface area contributed by atoms with E-state index in [1.54, 1.807) is 40.9 Å². The lowest BCUT2D eigenvalue weighted by molar-refractivity contribution is -0.136. The Labute approximate surface area is 151 Å². The molecule has 0 aromatic heterocycles. The fraction of sp³-hybridized carbons (Fsp3) is 0.529. The molecule has 1 aromatic rings. The highest BCUT2D eigenvalue weighted by Gasteiger charge is 2.38. The number of thioether (sulfide) groups is 1. The second-order valence-corrected chi connectivity index (χ2v) is 7.49. The molecule has 1 unspecified atom stereocenters. The minimum absolute atomic E-state index is 0.0815. The molecule has 0 radical (unpaired) electrons. The Kier molecular flexibility index (Phi) is 5.69. The Morgan fingerprint density at radius 2 is 1.83 bits per heavy atom. The van der Waals surface area contributed by atoms with Crippen LogP contribution in [0.4, 0.5) is 0 Å². The predicted molar refractivity (Wildman–Crippen MR) is 97.4 cm³/mol. The number of likely N-dealkylation sites (N-methyl/N-ethyl adjacent to an activating group) is 1. The molecule has 130 valence electrons. The number of amides is 2. The molecule has 0 N–H and O–H groups in total. The summed E-state index contributed by atoms with van der Waals surface area (Å²) in [6, 6.07) is 6.49. The Bertz CT molecular complexity index is 602. The SMILES string of the molecule is CCN1CCN(C(=O)C2CSCN2C(=O)c2ccc(Cl)cc2)CC1. The Hall–Kier alpha value is -1.24. The third-order valence-electron chi connectivity index (χ3n) is 4.65. The molecule has 0 saturated carbocycles. The van der Waals surface area contributed by atoms with E-state index in [0.29, 0.717) is 22.2 Å². The quantitative estimate of drug-likeness (QED) is 0.819. The number of carbonyl (C=O) groups is 2. The summed E-state index contributed by atoms with van der Waals surface area (Å²) in [6.07, 6.45) is 0. The van der Waals surface area contributed by atoms with Crippen LogP contribution in [0.2, 0.25) is 5.02 Å². The fourth-order valence-corrected chi connectivity index (χ4v) is 4.37. The van der Waals surface area contributed by atoms with E-state index < -0.39 is 0 Å². The Morgan fingerprint density at radius 3 is 2.46 bits per heavy atom. The number of halogens is 1. The van der Waals surface area contributed by atoms with Crippen LogP contribution in [0.1, 0.15) is 17.3 Å². The van der Waals surface area contributed by atoms with Gasteiger partial charge in [-0.1, -0.05) is 18.5 Å². The lowest BCUT2D eigenvalue weighted by Crippen LogP contribution is -2.55. The van der Waals surface area contributed by atoms with Crippen LogP contribution in [0.5, 0.6) is 0 Å². The van der Waals surface area contributed by atoms with Crippen molar-refractivity contribution < 1.29 is 9.59 Å². The molecule has 0 bridgehead atoms. The zero-order valence-corrected chi connectivity index (χ0v) is 15.4. The minimum atomic E-state index is -0.355. The number of hydrogen-bond donors (Lipinski definition) is 0. The van der Waals surface area contributed by atoms with E-state index in [0.717, 1.165) is 32.7 Å². The number of nitrogens with zero attached hydrogens (tertiary/aromatic N) is 3. The van der Waals surface area contributed by atoms with Gasteiger partial charge in [-0.05, 0) is 30.8 Å². The van der Waals surface area contributed by atoms with Crippen molar-refractivity contribution in [2.45, 2.75) is 13.0 Å². The van der Waals surface area contributed by atoms with E-state index in [2.05, 4.69) is 11.8 Å². The van der Waals surface area contributed by atoms with Gasteiger partial charge in [-0.3, -0.25) is 9.59 Å². The summed E-state index contributed by atoms with van der Waals surface area (Å²) < 4.78 is 0. The average molecular weight is 368 g/mol. The average Bonchev–Trinajstić information content (AvgIpc) is 3.11. The second kappa shape index (κ2) is 7.76. The molecular weight excluding hydrogens is 346 g/mol. The van der Waals surface area contributed by atoms with Crippen LogP contribution in [0.3, 0.4) is 0 Å². The summed E-state index contributed by atoms with van der Waals surface area (Å²) in [5.41, 5.74) is 0.579. The maximum absolute atomic E-state index is 12.9. The predicted octanol–water partition coefficient (Wildman–Crippen LogP) is 2.02. The van der Waals surface area contributed by atoms with Crippen molar-refractivity contribution >= 4 is 35.2 Å². The van der Waals surface area contributed by atoms with Gasteiger partial charge in [-0.2, -0.15) is 0 Å². The monoisotopic (exact) mass is 367 g/mol. The third kappa shape index (κ3) is 3.71. The van der Waals surface area contributed by atoms with Crippen LogP contribution >= 0.6 is 23.4 Å². The van der Waals surface area contributed by atoms with Gasteiger partial charge in [-0.25, -0.2) is 0 Å². The van der Waals surface area contributed by atoms with Gasteiger partial charge in [0, 0.05) is 42.5 Å². The molecule has 0 spiro atoms. The van der Waals surface area contributed by atoms with Gasteiger partial charge >= 0.3 is 0 Å². The van der Waals surface area contributed by atoms with Crippen LogP contribution in [-0.4, -0.2) is 76.9 Å². The van der Waals surface area contributed by atoms with Gasteiger partial charge < -0.3 is 14.7 Å². The van der Waals surface area contributed by atoms with E-state index in [4.69, 9.17) is 11.6 Å². The highest BCUT2D eigenvalue weighted by molar-refractivity contribution is 7.99. The Morgan fingerprint density at radius 1 is 1.17 bits per heavy atom. The molecule has 0 aliphatic carbocycles. The van der Waals surface area contributed by atoms with E-state index in [-0.39, 0.29) is 17.9 Å². The van der Waals surface area contributed by atoms with Crippen molar-refractivity contribution in [3.05, 3.63) is 34.9 Å². The van der Waals surface area contributed by atoms with E-state index in [9.17, 15) is 9.59 Å². The topological polar surface area (TPSA) is 43.9 Å². The molecule has 2 saturated heterocycles. The maximum atomic E-state index is 12.9. The number of benzene rings is 1. The van der Waals surface area contributed by atoms with Crippen LogP contribution in [0.15, 0.2) is 24.3 Å². The number of carbonyl (C=O) groups excluding carboxylic acids is 2. The molecule has 2 fully saturated rings. The maximum Gasteiger partial charge on any atom is 0.255 e. The van der Waals surface area contributed by atoms with E-state index in [1.807, 2.05) is 4.90 Å². The molecule has 1 atom stereocenters. The van der Waals surface area contributed by atoms with E-state index in [1.165, 1.54) is 0 Å². The molecule has 2 aliphatic heterocycles. The van der Waals surface area contributed by atoms with Crippen molar-refractivity contribution in [3.63, 3.8) is 0 Å². The molecule has 24 heavy (non-hydrogen) atoms. The number of hydrogen-bond acceptors (Lipinski definition) is 4. The molecule has 5 nitrogen and oxygen atoms in total. The van der Waals surface area contributed by atoms with Crippen molar-refractivity contribution in [2.24, 2.45) is 0 Å². The fourth-order valence-electron chi connectivity index (χ4n) is 3.10. The first-order valence-corrected chi connectivity index (χ1v) is 9.79. The number of piperazine rings is 1. The molecule has 3 rings (SSSR count). The van der Waals surface area contributed by atoms with Crippen molar-refractivity contribution in [1.82, 2.24) is 14.7 Å². The second-order valence-electron chi connectivity index (χ2n) is 6.06. The lowest BCUT2D eigenvalue weighted by atomic mass is 10.1. The summed E-state index contributed by atoms with van der Waals surface area (Å²) >= 11 is 7.52. The molecule has 2 aliphatic rings. The first kappa shape index (κ1) is 17.6. The summed E-state index contributed by atoms with van der Waals surface area (Å²) in [7, 11) is 0. The normalized spacial score (nSPS) is 22.0. The standard InChI is InChI=1S/C17H22ClN3O2S/c1-2-19-7-9-20(10-8-19)17(23)15-11-24-12-21(15)16(22)13-3-5-14(18)6-4-13/h3-6,15H,2,7-12H2,1H3. The Balaban J connectivity index is 1.67. The van der Waals surface area contributed by atoms with Crippen LogP contribution in [0.25, 0.3) is 0 Å². The van der Waals surface area contributed by atoms with Gasteiger partial charge in [0.05, 0.1) is 5.88 Å². The van der Waals surface area contributed by atoms with E-state index >= 15 is 0 Å². The van der Waals surface area contributed by atoms with Crippen molar-refractivity contribution in [3.8, 4) is 0 Å². The summed E-state index contributed by atoms with van der Waals surface area (Å²) in [5.74, 6) is 1.22. The highest BCUT2D eigenvalue weighted by Crippen LogP contribution is 2.25. The first-order chi connectivity index (χ1) is 11.6. The molecule has 7 heteroatoms. The highest BCUT2D eigenvalue weighted by atomic mass is 35.5. The van der Waals surface area contributed by atoms with Crippen molar-refractivity contribution in [2.75, 3.05) is 44.4 Å². The molecule has 1 aromatic carbocycles. The zero-order chi connectivity index (χ0) is 17.1. The smallest absolute Gasteiger partial charge is 0.255 e.